The molecule has 0 radical (unpaired) electrons. The van der Waals surface area contributed by atoms with E-state index in [1.807, 2.05) is 67.3 Å². The Bertz CT molecular complexity index is 1320. The lowest BCUT2D eigenvalue weighted by molar-refractivity contribution is -0.127. The van der Waals surface area contributed by atoms with Crippen LogP contribution in [0.1, 0.15) is 55.5 Å². The molecular weight excluding hydrogens is 515 g/mol. The van der Waals surface area contributed by atoms with E-state index in [1.165, 1.54) is 6.42 Å². The zero-order valence-corrected chi connectivity index (χ0v) is 23.2. The van der Waals surface area contributed by atoms with Gasteiger partial charge >= 0.3 is 8.60 Å². The van der Waals surface area contributed by atoms with Crippen LogP contribution in [-0.4, -0.2) is 69.5 Å². The molecule has 2 fully saturated rings. The van der Waals surface area contributed by atoms with E-state index in [1.54, 1.807) is 4.90 Å². The Labute approximate surface area is 230 Å². The highest BCUT2D eigenvalue weighted by molar-refractivity contribution is 7.39. The molecule has 4 N–H and O–H groups in total. The topological polar surface area (TPSA) is 129 Å². The summed E-state index contributed by atoms with van der Waals surface area (Å²) in [4.78, 5) is 53.1. The van der Waals surface area contributed by atoms with E-state index >= 15 is 0 Å². The monoisotopic (exact) mass is 550 g/mol. The molecule has 206 valence electrons. The summed E-state index contributed by atoms with van der Waals surface area (Å²) in [5.41, 5.74) is 10.2. The minimum Gasteiger partial charge on any atom is -0.386 e. The van der Waals surface area contributed by atoms with Crippen molar-refractivity contribution in [2.45, 2.75) is 45.6 Å². The van der Waals surface area contributed by atoms with Gasteiger partial charge in [-0.15, -0.1) is 0 Å². The molecule has 2 aromatic rings. The number of hydrogen-bond donors (Lipinski definition) is 3. The molecular formula is C29H35N4O5P. The molecule has 1 atom stereocenters. The van der Waals surface area contributed by atoms with E-state index in [4.69, 9.17) is 15.2 Å². The number of nitrogens with two attached hydrogens (primary N) is 1. The Morgan fingerprint density at radius 1 is 0.974 bits per heavy atom. The summed E-state index contributed by atoms with van der Waals surface area (Å²) in [6.07, 6.45) is 5.27. The molecule has 3 aliphatic heterocycles. The van der Waals surface area contributed by atoms with Gasteiger partial charge in [-0.2, -0.15) is 0 Å². The van der Waals surface area contributed by atoms with Crippen LogP contribution in [0.25, 0.3) is 17.2 Å². The Kier molecular flexibility index (Phi) is 7.87. The van der Waals surface area contributed by atoms with Gasteiger partial charge in [-0.25, -0.2) is 4.99 Å². The quantitative estimate of drug-likeness (QED) is 0.478. The highest BCUT2D eigenvalue weighted by Gasteiger charge is 2.39. The van der Waals surface area contributed by atoms with Crippen LogP contribution < -0.4 is 5.73 Å². The summed E-state index contributed by atoms with van der Waals surface area (Å²) in [7, 11) is -2.47. The summed E-state index contributed by atoms with van der Waals surface area (Å²) in [6.45, 7) is 6.14. The van der Waals surface area contributed by atoms with Crippen LogP contribution in [0, 0.1) is 5.41 Å². The van der Waals surface area contributed by atoms with Crippen molar-refractivity contribution in [3.63, 3.8) is 0 Å². The van der Waals surface area contributed by atoms with E-state index < -0.39 is 20.1 Å². The number of rotatable bonds is 5. The maximum absolute atomic E-state index is 13.6. The molecule has 0 spiro atoms. The van der Waals surface area contributed by atoms with Crippen molar-refractivity contribution >= 4 is 38.0 Å². The number of piperidine rings is 1. The second-order valence-electron chi connectivity index (χ2n) is 10.9. The molecule has 2 saturated heterocycles. The molecule has 5 rings (SSSR count). The summed E-state index contributed by atoms with van der Waals surface area (Å²) in [5, 5.41) is 0. The lowest BCUT2D eigenvalue weighted by atomic mass is 9.81. The molecule has 10 heteroatoms. The number of amidine groups is 1. The summed E-state index contributed by atoms with van der Waals surface area (Å²) in [5.74, 6) is 0.242. The molecule has 3 heterocycles. The first kappa shape index (κ1) is 27.5. The number of carbonyl (C=O) groups excluding carboxylic acids is 2. The fourth-order valence-corrected chi connectivity index (χ4v) is 5.84. The molecule has 3 aliphatic rings. The van der Waals surface area contributed by atoms with E-state index in [-0.39, 0.29) is 18.4 Å². The molecule has 0 aliphatic carbocycles. The average Bonchev–Trinajstić information content (AvgIpc) is 3.36. The van der Waals surface area contributed by atoms with E-state index in [0.29, 0.717) is 35.6 Å². The Hall–Kier alpha value is -3.10. The summed E-state index contributed by atoms with van der Waals surface area (Å²) < 4.78 is 5.13. The SMILES string of the molecule is CC1(C)C(C(=O)N2CCC(OP(O)O)C2)=Cc2ccc(-c3ccc(C(=O)N4CCCCC4)cc3)cc2N=C1N. The largest absolute Gasteiger partial charge is 0.386 e. The molecule has 39 heavy (non-hydrogen) atoms. The van der Waals surface area contributed by atoms with Gasteiger partial charge in [0.25, 0.3) is 11.8 Å². The van der Waals surface area contributed by atoms with Gasteiger partial charge in [0.05, 0.1) is 17.2 Å². The number of nitrogens with zero attached hydrogens (tertiary/aromatic N) is 3. The van der Waals surface area contributed by atoms with E-state index in [0.717, 1.165) is 42.6 Å². The summed E-state index contributed by atoms with van der Waals surface area (Å²) >= 11 is 0. The van der Waals surface area contributed by atoms with Crippen LogP contribution in [-0.2, 0) is 9.32 Å². The first-order chi connectivity index (χ1) is 18.6. The van der Waals surface area contributed by atoms with E-state index in [2.05, 4.69) is 0 Å². The minimum atomic E-state index is -2.47. The van der Waals surface area contributed by atoms with Crippen molar-refractivity contribution in [1.82, 2.24) is 9.80 Å². The zero-order valence-electron chi connectivity index (χ0n) is 22.3. The second kappa shape index (κ2) is 11.2. The van der Waals surface area contributed by atoms with Crippen molar-refractivity contribution in [2.75, 3.05) is 26.2 Å². The third kappa shape index (κ3) is 5.77. The van der Waals surface area contributed by atoms with Crippen LogP contribution >= 0.6 is 8.60 Å². The predicted molar refractivity (Wildman–Crippen MR) is 152 cm³/mol. The Balaban J connectivity index is 1.39. The minimum absolute atomic E-state index is 0.0783. The fourth-order valence-electron chi connectivity index (χ4n) is 5.40. The number of likely N-dealkylation sites (tertiary alicyclic amines) is 2. The van der Waals surface area contributed by atoms with Crippen LogP contribution in [0.4, 0.5) is 5.69 Å². The number of aliphatic imine (C=N–C) groups is 1. The van der Waals surface area contributed by atoms with Crippen molar-refractivity contribution in [2.24, 2.45) is 16.1 Å². The molecule has 1 unspecified atom stereocenters. The van der Waals surface area contributed by atoms with Gasteiger partial charge in [-0.1, -0.05) is 24.3 Å². The standard InChI is InChI=1S/C29H35N4O5P/c1-29(2)24(27(35)33-15-12-23(18-33)38-39(36)37)16-22-11-10-21(17-25(22)31-28(29)30)19-6-8-20(9-7-19)26(34)32-13-4-3-5-14-32/h6-11,16-17,23,36-37H,3-5,12-15,18H2,1-2H3,(H2,30,31). The molecule has 9 nitrogen and oxygen atoms in total. The average molecular weight is 551 g/mol. The van der Waals surface area contributed by atoms with Crippen LogP contribution in [0.15, 0.2) is 53.0 Å². The van der Waals surface area contributed by atoms with Gasteiger partial charge in [0.2, 0.25) is 0 Å². The van der Waals surface area contributed by atoms with Gasteiger partial charge in [0.1, 0.15) is 5.84 Å². The Morgan fingerprint density at radius 2 is 1.67 bits per heavy atom. The molecule has 2 amide bonds. The predicted octanol–water partition coefficient (Wildman–Crippen LogP) is 4.22. The van der Waals surface area contributed by atoms with Crippen molar-refractivity contribution < 1.29 is 23.9 Å². The zero-order chi connectivity index (χ0) is 27.7. The molecule has 0 aromatic heterocycles. The molecule has 0 saturated carbocycles. The fraction of sp³-hybridized carbons (Fsp3) is 0.414. The van der Waals surface area contributed by atoms with Crippen LogP contribution in [0.2, 0.25) is 0 Å². The number of benzene rings is 2. The smallest absolute Gasteiger partial charge is 0.327 e. The highest BCUT2D eigenvalue weighted by Crippen LogP contribution is 2.39. The number of carbonyl (C=O) groups is 2. The molecule has 0 bridgehead atoms. The first-order valence-electron chi connectivity index (χ1n) is 13.4. The Morgan fingerprint density at radius 3 is 2.36 bits per heavy atom. The number of fused-ring (bicyclic) bond motifs is 1. The molecule has 2 aromatic carbocycles. The lowest BCUT2D eigenvalue weighted by Crippen LogP contribution is -2.41. The van der Waals surface area contributed by atoms with Gasteiger partial charge in [-0.3, -0.25) is 9.59 Å². The summed E-state index contributed by atoms with van der Waals surface area (Å²) in [6, 6.07) is 13.5. The van der Waals surface area contributed by atoms with Crippen LogP contribution in [0.3, 0.4) is 0 Å². The first-order valence-corrected chi connectivity index (χ1v) is 14.5. The van der Waals surface area contributed by atoms with Crippen molar-refractivity contribution in [3.8, 4) is 11.1 Å². The third-order valence-corrected chi connectivity index (χ3v) is 8.39. The van der Waals surface area contributed by atoms with Crippen molar-refractivity contribution in [1.29, 1.82) is 0 Å². The van der Waals surface area contributed by atoms with Gasteiger partial charge in [0.15, 0.2) is 0 Å². The maximum atomic E-state index is 13.6. The van der Waals surface area contributed by atoms with Gasteiger partial charge in [-0.05, 0) is 74.9 Å². The van der Waals surface area contributed by atoms with Crippen LogP contribution in [0.5, 0.6) is 0 Å². The van der Waals surface area contributed by atoms with E-state index in [9.17, 15) is 19.4 Å². The maximum Gasteiger partial charge on any atom is 0.327 e. The normalized spacial score (nSPS) is 20.8. The van der Waals surface area contributed by atoms with Gasteiger partial charge < -0.3 is 29.8 Å². The number of hydrogen-bond acceptors (Lipinski definition) is 7. The van der Waals surface area contributed by atoms with Gasteiger partial charge in [0, 0.05) is 42.9 Å². The van der Waals surface area contributed by atoms with Crippen molar-refractivity contribution in [3.05, 3.63) is 59.2 Å². The second-order valence-corrected chi connectivity index (χ2v) is 11.6. The third-order valence-electron chi connectivity index (χ3n) is 7.90. The highest BCUT2D eigenvalue weighted by atomic mass is 31.2. The number of amides is 2. The lowest BCUT2D eigenvalue weighted by Gasteiger charge is -2.29.